The van der Waals surface area contributed by atoms with Crippen LogP contribution in [0.4, 0.5) is 5.69 Å². The number of rotatable bonds is 8. The van der Waals surface area contributed by atoms with Crippen LogP contribution in [0, 0.1) is 17.0 Å². The molecule has 2 aromatic rings. The summed E-state index contributed by atoms with van der Waals surface area (Å²) in [6.07, 6.45) is 2.33. The van der Waals surface area contributed by atoms with Gasteiger partial charge in [0.15, 0.2) is 0 Å². The summed E-state index contributed by atoms with van der Waals surface area (Å²) in [6, 6.07) is 10.6. The molecule has 0 spiro atoms. The van der Waals surface area contributed by atoms with Crippen LogP contribution in [0.1, 0.15) is 22.3 Å². The first kappa shape index (κ1) is 24.5. The van der Waals surface area contributed by atoms with E-state index in [1.54, 1.807) is 23.9 Å². The molecule has 0 heterocycles. The summed E-state index contributed by atoms with van der Waals surface area (Å²) in [5.74, 6) is -0.336. The Balaban J connectivity index is 0.00000420. The number of nitro groups is 1. The molecule has 156 valence electrons. The van der Waals surface area contributed by atoms with Gasteiger partial charge < -0.3 is 10.1 Å². The molecule has 0 aromatic heterocycles. The van der Waals surface area contributed by atoms with Crippen LogP contribution >= 0.6 is 24.2 Å². The Bertz CT molecular complexity index is 891. The van der Waals surface area contributed by atoms with Crippen molar-refractivity contribution in [1.82, 2.24) is 5.32 Å². The van der Waals surface area contributed by atoms with Gasteiger partial charge in [0.05, 0.1) is 12.0 Å². The number of nitrogens with one attached hydrogen (secondary N) is 1. The maximum Gasteiger partial charge on any atom is 0.328 e. The third-order valence-electron chi connectivity index (χ3n) is 4.30. The SMILES string of the molecule is COC(=O)[C@H](CCSC)NC(=O)c1ccc([N+](=O)[O-])cc1-c1ccccc1C.Cl. The van der Waals surface area contributed by atoms with Crippen LogP contribution in [0.15, 0.2) is 42.5 Å². The Hall–Kier alpha value is -2.58. The molecule has 0 aliphatic heterocycles. The quantitative estimate of drug-likeness (QED) is 0.379. The molecule has 0 saturated carbocycles. The second-order valence-electron chi connectivity index (χ2n) is 6.13. The number of amides is 1. The van der Waals surface area contributed by atoms with Gasteiger partial charge in [-0.25, -0.2) is 4.79 Å². The number of aryl methyl sites for hydroxylation is 1. The molecule has 2 aromatic carbocycles. The number of halogens is 1. The summed E-state index contributed by atoms with van der Waals surface area (Å²) in [6.45, 7) is 1.87. The van der Waals surface area contributed by atoms with Crippen molar-refractivity contribution < 1.29 is 19.2 Å². The molecule has 9 heteroatoms. The van der Waals surface area contributed by atoms with Crippen molar-refractivity contribution in [1.29, 1.82) is 0 Å². The zero-order chi connectivity index (χ0) is 20.7. The monoisotopic (exact) mass is 438 g/mol. The largest absolute Gasteiger partial charge is 0.467 e. The number of nitro benzene ring substituents is 1. The van der Waals surface area contributed by atoms with Gasteiger partial charge in [-0.15, -0.1) is 12.4 Å². The molecule has 0 aliphatic rings. The van der Waals surface area contributed by atoms with Crippen molar-refractivity contribution >= 4 is 41.7 Å². The minimum atomic E-state index is -0.787. The molecular weight excluding hydrogens is 416 g/mol. The lowest BCUT2D eigenvalue weighted by Gasteiger charge is -2.18. The van der Waals surface area contributed by atoms with Crippen LogP contribution < -0.4 is 5.32 Å². The van der Waals surface area contributed by atoms with Gasteiger partial charge in [0.25, 0.3) is 11.6 Å². The third-order valence-corrected chi connectivity index (χ3v) is 4.94. The highest BCUT2D eigenvalue weighted by Gasteiger charge is 2.24. The highest BCUT2D eigenvalue weighted by Crippen LogP contribution is 2.30. The fourth-order valence-electron chi connectivity index (χ4n) is 2.80. The average Bonchev–Trinajstić information content (AvgIpc) is 2.70. The maximum absolute atomic E-state index is 12.9. The van der Waals surface area contributed by atoms with E-state index in [-0.39, 0.29) is 23.7 Å². The Kier molecular flexibility index (Phi) is 9.64. The molecule has 2 rings (SSSR count). The minimum Gasteiger partial charge on any atom is -0.467 e. The van der Waals surface area contributed by atoms with Gasteiger partial charge in [0.2, 0.25) is 0 Å². The van der Waals surface area contributed by atoms with Gasteiger partial charge in [-0.3, -0.25) is 14.9 Å². The van der Waals surface area contributed by atoms with Crippen LogP contribution in [0.3, 0.4) is 0 Å². The van der Waals surface area contributed by atoms with Gasteiger partial charge >= 0.3 is 5.97 Å². The molecule has 1 amide bonds. The summed E-state index contributed by atoms with van der Waals surface area (Å²) >= 11 is 1.55. The second-order valence-corrected chi connectivity index (χ2v) is 7.12. The molecule has 29 heavy (non-hydrogen) atoms. The lowest BCUT2D eigenvalue weighted by molar-refractivity contribution is -0.384. The smallest absolute Gasteiger partial charge is 0.328 e. The molecule has 0 fully saturated rings. The number of ether oxygens (including phenoxy) is 1. The van der Waals surface area contributed by atoms with E-state index >= 15 is 0 Å². The number of methoxy groups -OCH3 is 1. The van der Waals surface area contributed by atoms with Gasteiger partial charge in [-0.1, -0.05) is 24.3 Å². The van der Waals surface area contributed by atoms with E-state index in [0.717, 1.165) is 11.1 Å². The van der Waals surface area contributed by atoms with E-state index in [4.69, 9.17) is 4.74 Å². The normalized spacial score (nSPS) is 11.1. The predicted octanol–water partition coefficient (Wildman–Crippen LogP) is 4.02. The molecule has 1 N–H and O–H groups in total. The summed E-state index contributed by atoms with van der Waals surface area (Å²) in [5, 5.41) is 13.9. The van der Waals surface area contributed by atoms with Crippen molar-refractivity contribution in [2.75, 3.05) is 19.1 Å². The highest BCUT2D eigenvalue weighted by atomic mass is 35.5. The topological polar surface area (TPSA) is 98.5 Å². The lowest BCUT2D eigenvalue weighted by Crippen LogP contribution is -2.42. The molecule has 0 bridgehead atoms. The van der Waals surface area contributed by atoms with Crippen molar-refractivity contribution in [3.8, 4) is 11.1 Å². The Morgan fingerprint density at radius 3 is 2.48 bits per heavy atom. The maximum atomic E-state index is 12.9. The number of nitrogens with zero attached hydrogens (tertiary/aromatic N) is 1. The Morgan fingerprint density at radius 2 is 1.90 bits per heavy atom. The van der Waals surface area contributed by atoms with Gasteiger partial charge in [-0.05, 0) is 42.5 Å². The number of non-ortho nitro benzene ring substituents is 1. The average molecular weight is 439 g/mol. The van der Waals surface area contributed by atoms with E-state index in [2.05, 4.69) is 5.32 Å². The fraction of sp³-hybridized carbons (Fsp3) is 0.300. The first-order valence-electron chi connectivity index (χ1n) is 8.61. The number of thioether (sulfide) groups is 1. The van der Waals surface area contributed by atoms with Crippen LogP contribution in [-0.4, -0.2) is 42.0 Å². The first-order valence-corrected chi connectivity index (χ1v) is 10.0. The van der Waals surface area contributed by atoms with Gasteiger partial charge in [-0.2, -0.15) is 11.8 Å². The first-order chi connectivity index (χ1) is 13.4. The molecule has 0 aliphatic carbocycles. The van der Waals surface area contributed by atoms with Crippen LogP contribution in [-0.2, 0) is 9.53 Å². The van der Waals surface area contributed by atoms with E-state index in [0.29, 0.717) is 17.7 Å². The summed E-state index contributed by atoms with van der Waals surface area (Å²) in [7, 11) is 1.27. The summed E-state index contributed by atoms with van der Waals surface area (Å²) < 4.78 is 4.78. The molecule has 1 atom stereocenters. The third kappa shape index (κ3) is 6.20. The molecule has 7 nitrogen and oxygen atoms in total. The van der Waals surface area contributed by atoms with E-state index in [9.17, 15) is 19.7 Å². The Morgan fingerprint density at radius 1 is 1.21 bits per heavy atom. The Labute approximate surface area is 179 Å². The van der Waals surface area contributed by atoms with Crippen molar-refractivity contribution in [3.05, 3.63) is 63.7 Å². The van der Waals surface area contributed by atoms with Crippen molar-refractivity contribution in [2.45, 2.75) is 19.4 Å². The number of benzene rings is 2. The van der Waals surface area contributed by atoms with Crippen molar-refractivity contribution in [2.24, 2.45) is 0 Å². The van der Waals surface area contributed by atoms with Crippen LogP contribution in [0.2, 0.25) is 0 Å². The zero-order valence-corrected chi connectivity index (χ0v) is 18.0. The highest BCUT2D eigenvalue weighted by molar-refractivity contribution is 7.98. The molecule has 0 radical (unpaired) electrons. The predicted molar refractivity (Wildman–Crippen MR) is 117 cm³/mol. The fourth-order valence-corrected chi connectivity index (χ4v) is 3.28. The molecular formula is C20H23ClN2O5S. The minimum absolute atomic E-state index is 0. The molecule has 0 unspecified atom stereocenters. The lowest BCUT2D eigenvalue weighted by atomic mass is 9.95. The van der Waals surface area contributed by atoms with E-state index < -0.39 is 22.8 Å². The number of carbonyl (C=O) groups is 2. The summed E-state index contributed by atoms with van der Waals surface area (Å²) in [5.41, 5.74) is 2.19. The van der Waals surface area contributed by atoms with Crippen molar-refractivity contribution in [3.63, 3.8) is 0 Å². The van der Waals surface area contributed by atoms with Crippen LogP contribution in [0.25, 0.3) is 11.1 Å². The van der Waals surface area contributed by atoms with Crippen LogP contribution in [0.5, 0.6) is 0 Å². The zero-order valence-electron chi connectivity index (χ0n) is 16.3. The molecule has 0 saturated heterocycles. The number of esters is 1. The summed E-state index contributed by atoms with van der Waals surface area (Å²) in [4.78, 5) is 35.6. The number of hydrogen-bond donors (Lipinski definition) is 1. The van der Waals surface area contributed by atoms with Gasteiger partial charge in [0, 0.05) is 23.3 Å². The van der Waals surface area contributed by atoms with E-state index in [1.807, 2.05) is 25.3 Å². The standard InChI is InChI=1S/C20H22N2O5S.ClH/c1-13-6-4-5-7-15(13)17-12-14(22(25)26)8-9-16(17)19(23)21-18(10-11-28-3)20(24)27-2;/h4-9,12,18H,10-11H2,1-3H3,(H,21,23);1H/t18-;/m0./s1. The second kappa shape index (κ2) is 11.4. The van der Waals surface area contributed by atoms with E-state index in [1.165, 1.54) is 25.3 Å². The number of hydrogen-bond acceptors (Lipinski definition) is 6. The van der Waals surface area contributed by atoms with Gasteiger partial charge in [0.1, 0.15) is 6.04 Å². The number of carbonyl (C=O) groups excluding carboxylic acids is 2.